The summed E-state index contributed by atoms with van der Waals surface area (Å²) in [5.41, 5.74) is 0. The highest BCUT2D eigenvalue weighted by atomic mass is 31.2. The molecule has 3 N–H and O–H groups in total. The van der Waals surface area contributed by atoms with Crippen molar-refractivity contribution < 1.29 is 23.7 Å². The number of carbonyl (C=O) groups is 1. The van der Waals surface area contributed by atoms with Crippen molar-refractivity contribution in [3.05, 3.63) is 0 Å². The second-order valence-electron chi connectivity index (χ2n) is 1.75. The summed E-state index contributed by atoms with van der Waals surface area (Å²) >= 11 is 0. The molecular weight excluding hydrogens is 173 g/mol. The van der Waals surface area contributed by atoms with E-state index in [-0.39, 0.29) is 6.61 Å². The summed E-state index contributed by atoms with van der Waals surface area (Å²) in [5.74, 6) is 0. The van der Waals surface area contributed by atoms with Gasteiger partial charge < -0.3 is 15.1 Å². The molecule has 0 radical (unpaired) electrons. The maximum Gasteiger partial charge on any atom is 0.469 e. The molecule has 7 heteroatoms. The lowest BCUT2D eigenvalue weighted by molar-refractivity contribution is -0.109. The van der Waals surface area contributed by atoms with Gasteiger partial charge in [-0.05, 0) is 6.42 Å². The van der Waals surface area contributed by atoms with E-state index in [2.05, 4.69) is 9.84 Å². The number of rotatable bonds is 6. The lowest BCUT2D eigenvalue weighted by Gasteiger charge is -2.03. The largest absolute Gasteiger partial charge is 0.469 e. The first-order valence-electron chi connectivity index (χ1n) is 2.93. The number of phosphoric acid groups is 1. The van der Waals surface area contributed by atoms with Crippen LogP contribution in [0.15, 0.2) is 0 Å². The molecule has 0 aliphatic carbocycles. The topological polar surface area (TPSA) is 95.9 Å². The normalized spacial score (nSPS) is 11.1. The number of amides is 1. The van der Waals surface area contributed by atoms with Gasteiger partial charge in [-0.1, -0.05) is 0 Å². The van der Waals surface area contributed by atoms with Crippen LogP contribution in [-0.2, 0) is 13.9 Å². The van der Waals surface area contributed by atoms with Gasteiger partial charge in [-0.2, -0.15) is 0 Å². The van der Waals surface area contributed by atoms with Crippen molar-refractivity contribution in [1.82, 2.24) is 5.32 Å². The third-order valence-electron chi connectivity index (χ3n) is 0.808. The molecule has 1 amide bonds. The Morgan fingerprint density at radius 3 is 2.64 bits per heavy atom. The van der Waals surface area contributed by atoms with Crippen molar-refractivity contribution in [3.8, 4) is 0 Å². The maximum atomic E-state index is 10.0. The molecule has 6 nitrogen and oxygen atoms in total. The highest BCUT2D eigenvalue weighted by molar-refractivity contribution is 7.46. The Bertz CT molecular complexity index is 155. The molecule has 0 spiro atoms. The standard InChI is InChI=1S/C4H10NO5P/c6-4-5-2-1-3-10-11(7,8)9/h4H,1-3H2,(H,5,6)(H2,7,8,9). The lowest BCUT2D eigenvalue weighted by atomic mass is 10.5. The highest BCUT2D eigenvalue weighted by Crippen LogP contribution is 2.35. The molecule has 0 fully saturated rings. The molecule has 0 aromatic rings. The van der Waals surface area contributed by atoms with Gasteiger partial charge in [0.25, 0.3) is 0 Å². The molecule has 0 aromatic heterocycles. The van der Waals surface area contributed by atoms with Crippen LogP contribution in [0.25, 0.3) is 0 Å². The van der Waals surface area contributed by atoms with E-state index in [0.717, 1.165) is 0 Å². The number of nitrogens with one attached hydrogen (secondary N) is 1. The number of carbonyl (C=O) groups excluding carboxylic acids is 1. The van der Waals surface area contributed by atoms with Crippen LogP contribution in [0.4, 0.5) is 0 Å². The summed E-state index contributed by atoms with van der Waals surface area (Å²) in [7, 11) is -4.33. The van der Waals surface area contributed by atoms with Crippen molar-refractivity contribution in [1.29, 1.82) is 0 Å². The molecule has 0 saturated heterocycles. The fourth-order valence-corrected chi connectivity index (χ4v) is 0.784. The molecule has 0 aliphatic heterocycles. The zero-order chi connectivity index (χ0) is 8.74. The molecular formula is C4H10NO5P. The Morgan fingerprint density at radius 1 is 1.55 bits per heavy atom. The zero-order valence-corrected chi connectivity index (χ0v) is 6.66. The lowest BCUT2D eigenvalue weighted by Crippen LogP contribution is -2.13. The van der Waals surface area contributed by atoms with Gasteiger partial charge in [0, 0.05) is 6.54 Å². The van der Waals surface area contributed by atoms with Gasteiger partial charge in [-0.3, -0.25) is 9.32 Å². The molecule has 11 heavy (non-hydrogen) atoms. The summed E-state index contributed by atoms with van der Waals surface area (Å²) in [5, 5.41) is 2.32. The van der Waals surface area contributed by atoms with Gasteiger partial charge in [0.2, 0.25) is 6.41 Å². The predicted molar refractivity (Wildman–Crippen MR) is 36.7 cm³/mol. The zero-order valence-electron chi connectivity index (χ0n) is 5.77. The molecule has 0 aromatic carbocycles. The first kappa shape index (κ1) is 10.6. The molecule has 0 heterocycles. The molecule has 66 valence electrons. The fraction of sp³-hybridized carbons (Fsp3) is 0.750. The summed E-state index contributed by atoms with van der Waals surface area (Å²) in [6.45, 7) is 0.286. The molecule has 0 aliphatic rings. The first-order chi connectivity index (χ1) is 5.06. The van der Waals surface area contributed by atoms with Crippen molar-refractivity contribution in [2.24, 2.45) is 0 Å². The summed E-state index contributed by atoms with van der Waals surface area (Å²) in [4.78, 5) is 26.0. The monoisotopic (exact) mass is 183 g/mol. The Kier molecular flexibility index (Phi) is 5.06. The highest BCUT2D eigenvalue weighted by Gasteiger charge is 2.11. The van der Waals surface area contributed by atoms with Crippen LogP contribution in [0.2, 0.25) is 0 Å². The van der Waals surface area contributed by atoms with Crippen molar-refractivity contribution in [3.63, 3.8) is 0 Å². The van der Waals surface area contributed by atoms with E-state index in [1.807, 2.05) is 0 Å². The van der Waals surface area contributed by atoms with Crippen LogP contribution in [0, 0.1) is 0 Å². The van der Waals surface area contributed by atoms with Gasteiger partial charge in [0.15, 0.2) is 0 Å². The fourth-order valence-electron chi connectivity index (χ4n) is 0.417. The second kappa shape index (κ2) is 5.26. The summed E-state index contributed by atoms with van der Waals surface area (Å²) < 4.78 is 14.1. The maximum absolute atomic E-state index is 10.0. The summed E-state index contributed by atoms with van der Waals surface area (Å²) in [6.07, 6.45) is 0.890. The van der Waals surface area contributed by atoms with Crippen molar-refractivity contribution in [2.75, 3.05) is 13.2 Å². The number of hydrogen-bond acceptors (Lipinski definition) is 3. The van der Waals surface area contributed by atoms with Gasteiger partial charge >= 0.3 is 7.82 Å². The van der Waals surface area contributed by atoms with Crippen LogP contribution < -0.4 is 5.32 Å². The molecule has 0 saturated carbocycles. The van der Waals surface area contributed by atoms with E-state index in [4.69, 9.17) is 9.79 Å². The first-order valence-corrected chi connectivity index (χ1v) is 4.46. The minimum Gasteiger partial charge on any atom is -0.359 e. The van der Waals surface area contributed by atoms with Crippen LogP contribution in [0.5, 0.6) is 0 Å². The minimum atomic E-state index is -4.33. The van der Waals surface area contributed by atoms with Gasteiger partial charge in [0.05, 0.1) is 6.61 Å². The third-order valence-corrected chi connectivity index (χ3v) is 1.33. The minimum absolute atomic E-state index is 0.0644. The quantitative estimate of drug-likeness (QED) is 0.285. The molecule has 0 atom stereocenters. The number of hydrogen-bond donors (Lipinski definition) is 3. The van der Waals surface area contributed by atoms with Gasteiger partial charge in [-0.15, -0.1) is 0 Å². The van der Waals surface area contributed by atoms with Crippen molar-refractivity contribution >= 4 is 14.2 Å². The molecule has 0 rings (SSSR count). The third kappa shape index (κ3) is 9.58. The van der Waals surface area contributed by atoms with E-state index in [1.165, 1.54) is 0 Å². The van der Waals surface area contributed by atoms with E-state index in [0.29, 0.717) is 19.4 Å². The second-order valence-corrected chi connectivity index (χ2v) is 2.99. The Hall–Kier alpha value is -0.420. The van der Waals surface area contributed by atoms with Crippen LogP contribution in [0.1, 0.15) is 6.42 Å². The Labute approximate surface area is 63.8 Å². The molecule has 0 bridgehead atoms. The predicted octanol–water partition coefficient (Wildman–Crippen LogP) is -0.768. The van der Waals surface area contributed by atoms with Gasteiger partial charge in [0.1, 0.15) is 0 Å². The Balaban J connectivity index is 3.15. The smallest absolute Gasteiger partial charge is 0.359 e. The SMILES string of the molecule is O=CNCCCOP(=O)(O)O. The molecule has 0 unspecified atom stereocenters. The average Bonchev–Trinajstić information content (AvgIpc) is 1.85. The van der Waals surface area contributed by atoms with Crippen LogP contribution >= 0.6 is 7.82 Å². The van der Waals surface area contributed by atoms with Crippen LogP contribution in [-0.4, -0.2) is 29.3 Å². The number of phosphoric ester groups is 1. The van der Waals surface area contributed by atoms with E-state index >= 15 is 0 Å². The van der Waals surface area contributed by atoms with Crippen molar-refractivity contribution in [2.45, 2.75) is 6.42 Å². The van der Waals surface area contributed by atoms with Crippen LogP contribution in [0.3, 0.4) is 0 Å². The van der Waals surface area contributed by atoms with E-state index in [1.54, 1.807) is 0 Å². The Morgan fingerprint density at radius 2 is 2.18 bits per heavy atom. The summed E-state index contributed by atoms with van der Waals surface area (Å²) in [6, 6.07) is 0. The van der Waals surface area contributed by atoms with E-state index < -0.39 is 7.82 Å². The van der Waals surface area contributed by atoms with E-state index in [9.17, 15) is 9.36 Å². The van der Waals surface area contributed by atoms with Gasteiger partial charge in [-0.25, -0.2) is 4.57 Å². The average molecular weight is 183 g/mol.